The maximum Gasteiger partial charge on any atom is 0.243 e. The van der Waals surface area contributed by atoms with Gasteiger partial charge in [-0.1, -0.05) is 6.92 Å². The van der Waals surface area contributed by atoms with Crippen LogP contribution in [0.2, 0.25) is 0 Å². The Morgan fingerprint density at radius 3 is 2.30 bits per heavy atom. The number of β-amino-alcohol motifs (C(OH)–C–C–N with tert-alkyl or cyclic N) is 1. The molecule has 1 aromatic carbocycles. The van der Waals surface area contributed by atoms with Crippen molar-refractivity contribution < 1.29 is 18.3 Å². The molecule has 0 spiro atoms. The van der Waals surface area contributed by atoms with E-state index in [-0.39, 0.29) is 23.5 Å². The highest BCUT2D eigenvalue weighted by molar-refractivity contribution is 7.89. The first-order chi connectivity index (χ1) is 9.30. The van der Waals surface area contributed by atoms with E-state index >= 15 is 0 Å². The molecular formula is C14H21NO4S. The van der Waals surface area contributed by atoms with Gasteiger partial charge in [0.05, 0.1) is 17.1 Å². The molecule has 0 aromatic heterocycles. The molecule has 1 aliphatic rings. The van der Waals surface area contributed by atoms with Crippen molar-refractivity contribution in [1.82, 2.24) is 4.31 Å². The lowest BCUT2D eigenvalue weighted by molar-refractivity contribution is 0.153. The van der Waals surface area contributed by atoms with E-state index in [4.69, 9.17) is 4.74 Å². The minimum absolute atomic E-state index is 0.0340. The van der Waals surface area contributed by atoms with Gasteiger partial charge >= 0.3 is 0 Å². The molecule has 0 amide bonds. The van der Waals surface area contributed by atoms with Crippen LogP contribution in [0.1, 0.15) is 20.8 Å². The van der Waals surface area contributed by atoms with Gasteiger partial charge in [-0.2, -0.15) is 4.31 Å². The zero-order valence-corrected chi connectivity index (χ0v) is 12.8. The summed E-state index contributed by atoms with van der Waals surface area (Å²) in [6.45, 7) is 6.19. The second-order valence-corrected chi connectivity index (χ2v) is 7.44. The van der Waals surface area contributed by atoms with Crippen molar-refractivity contribution in [1.29, 1.82) is 0 Å². The van der Waals surface area contributed by atoms with Crippen molar-refractivity contribution in [3.05, 3.63) is 24.3 Å². The van der Waals surface area contributed by atoms with Gasteiger partial charge < -0.3 is 9.84 Å². The summed E-state index contributed by atoms with van der Waals surface area (Å²) in [6.07, 6.45) is -0.541. The van der Waals surface area contributed by atoms with Crippen molar-refractivity contribution >= 4 is 10.0 Å². The van der Waals surface area contributed by atoms with Crippen molar-refractivity contribution in [3.63, 3.8) is 0 Å². The summed E-state index contributed by atoms with van der Waals surface area (Å²) in [6, 6.07) is 6.40. The molecule has 20 heavy (non-hydrogen) atoms. The van der Waals surface area contributed by atoms with E-state index < -0.39 is 16.1 Å². The fourth-order valence-corrected chi connectivity index (χ4v) is 3.77. The number of benzene rings is 1. The molecule has 1 saturated heterocycles. The van der Waals surface area contributed by atoms with E-state index in [1.54, 1.807) is 24.3 Å². The van der Waals surface area contributed by atoms with E-state index in [0.29, 0.717) is 12.3 Å². The average molecular weight is 299 g/mol. The molecule has 2 rings (SSSR count). The van der Waals surface area contributed by atoms with E-state index in [2.05, 4.69) is 0 Å². The van der Waals surface area contributed by atoms with Gasteiger partial charge in [-0.3, -0.25) is 0 Å². The van der Waals surface area contributed by atoms with Crippen LogP contribution in [0.15, 0.2) is 29.2 Å². The highest BCUT2D eigenvalue weighted by Crippen LogP contribution is 2.25. The number of rotatable bonds is 4. The molecule has 2 atom stereocenters. The van der Waals surface area contributed by atoms with Crippen LogP contribution in [-0.4, -0.2) is 43.1 Å². The lowest BCUT2D eigenvalue weighted by atomic mass is 10.1. The van der Waals surface area contributed by atoms with Gasteiger partial charge in [0.25, 0.3) is 0 Å². The van der Waals surface area contributed by atoms with Gasteiger partial charge in [-0.05, 0) is 44.0 Å². The third kappa shape index (κ3) is 3.13. The molecule has 0 bridgehead atoms. The molecule has 5 nitrogen and oxygen atoms in total. The second kappa shape index (κ2) is 5.71. The molecule has 0 radical (unpaired) electrons. The Labute approximate surface area is 120 Å². The first-order valence-electron chi connectivity index (χ1n) is 6.75. The molecule has 1 aromatic rings. The number of sulfonamides is 1. The molecule has 112 valence electrons. The normalized spacial score (nSPS) is 24.2. The quantitative estimate of drug-likeness (QED) is 0.914. The van der Waals surface area contributed by atoms with E-state index in [1.807, 2.05) is 20.8 Å². The van der Waals surface area contributed by atoms with Crippen LogP contribution >= 0.6 is 0 Å². The Bertz CT molecular complexity index is 543. The van der Waals surface area contributed by atoms with Crippen LogP contribution in [0.25, 0.3) is 0 Å². The summed E-state index contributed by atoms with van der Waals surface area (Å²) in [5.74, 6) is 0.613. The fraction of sp³-hybridized carbons (Fsp3) is 0.571. The maximum absolute atomic E-state index is 12.4. The topological polar surface area (TPSA) is 66.8 Å². The number of nitrogens with zero attached hydrogens (tertiary/aromatic N) is 1. The zero-order chi connectivity index (χ0) is 14.9. The maximum atomic E-state index is 12.4. The molecule has 0 unspecified atom stereocenters. The molecule has 1 heterocycles. The molecule has 1 aliphatic heterocycles. The fourth-order valence-electron chi connectivity index (χ4n) is 2.21. The lowest BCUT2D eigenvalue weighted by Crippen LogP contribution is -2.29. The van der Waals surface area contributed by atoms with E-state index in [1.165, 1.54) is 4.31 Å². The number of hydrogen-bond donors (Lipinski definition) is 1. The summed E-state index contributed by atoms with van der Waals surface area (Å²) in [5, 5.41) is 9.70. The summed E-state index contributed by atoms with van der Waals surface area (Å²) >= 11 is 0. The largest absolute Gasteiger partial charge is 0.491 e. The summed E-state index contributed by atoms with van der Waals surface area (Å²) in [5.41, 5.74) is 0. The number of ether oxygens (including phenoxy) is 1. The first kappa shape index (κ1) is 15.3. The predicted molar refractivity (Wildman–Crippen MR) is 76.1 cm³/mol. The van der Waals surface area contributed by atoms with Crippen molar-refractivity contribution in [3.8, 4) is 5.75 Å². The number of aliphatic hydroxyl groups excluding tert-OH is 1. The van der Waals surface area contributed by atoms with Gasteiger partial charge in [0, 0.05) is 13.1 Å². The third-order valence-corrected chi connectivity index (χ3v) is 5.22. The van der Waals surface area contributed by atoms with Crippen LogP contribution in [-0.2, 0) is 10.0 Å². The predicted octanol–water partition coefficient (Wildman–Crippen LogP) is 1.48. The SMILES string of the molecule is CC(C)Oc1ccc(S(=O)(=O)N2C[C@@H](C)[C@@H](O)C2)cc1. The summed E-state index contributed by atoms with van der Waals surface area (Å²) < 4.78 is 31.7. The smallest absolute Gasteiger partial charge is 0.243 e. The molecule has 1 fully saturated rings. The van der Waals surface area contributed by atoms with Crippen molar-refractivity contribution in [2.45, 2.75) is 37.9 Å². The lowest BCUT2D eigenvalue weighted by Gasteiger charge is -2.16. The third-order valence-electron chi connectivity index (χ3n) is 3.37. The standard InChI is InChI=1S/C14H21NO4S/c1-10(2)19-12-4-6-13(7-5-12)20(17,18)15-8-11(3)14(16)9-15/h4-7,10-11,14,16H,8-9H2,1-3H3/t11-,14+/m1/s1. The van der Waals surface area contributed by atoms with Crippen molar-refractivity contribution in [2.24, 2.45) is 5.92 Å². The molecule has 0 saturated carbocycles. The summed E-state index contributed by atoms with van der Waals surface area (Å²) in [7, 11) is -3.53. The second-order valence-electron chi connectivity index (χ2n) is 5.50. The van der Waals surface area contributed by atoms with E-state index in [9.17, 15) is 13.5 Å². The highest BCUT2D eigenvalue weighted by atomic mass is 32.2. The van der Waals surface area contributed by atoms with Crippen LogP contribution in [0.5, 0.6) is 5.75 Å². The Morgan fingerprint density at radius 1 is 1.25 bits per heavy atom. The van der Waals surface area contributed by atoms with Crippen molar-refractivity contribution in [2.75, 3.05) is 13.1 Å². The van der Waals surface area contributed by atoms with Crippen LogP contribution in [0.4, 0.5) is 0 Å². The van der Waals surface area contributed by atoms with E-state index in [0.717, 1.165) is 0 Å². The highest BCUT2D eigenvalue weighted by Gasteiger charge is 2.36. The molecule has 6 heteroatoms. The Morgan fingerprint density at radius 2 is 1.85 bits per heavy atom. The average Bonchev–Trinajstić information content (AvgIpc) is 2.70. The molecule has 1 N–H and O–H groups in total. The molecule has 0 aliphatic carbocycles. The molecular weight excluding hydrogens is 278 g/mol. The van der Waals surface area contributed by atoms with Gasteiger partial charge in [0.1, 0.15) is 5.75 Å². The van der Waals surface area contributed by atoms with Gasteiger partial charge in [-0.25, -0.2) is 8.42 Å². The zero-order valence-electron chi connectivity index (χ0n) is 12.0. The van der Waals surface area contributed by atoms with Gasteiger partial charge in [-0.15, -0.1) is 0 Å². The Balaban J connectivity index is 2.18. The Hall–Kier alpha value is -1.11. The Kier molecular flexibility index (Phi) is 4.36. The van der Waals surface area contributed by atoms with Crippen LogP contribution < -0.4 is 4.74 Å². The minimum Gasteiger partial charge on any atom is -0.491 e. The van der Waals surface area contributed by atoms with Gasteiger partial charge in [0.15, 0.2) is 0 Å². The first-order valence-corrected chi connectivity index (χ1v) is 8.19. The van der Waals surface area contributed by atoms with Crippen LogP contribution in [0.3, 0.4) is 0 Å². The number of aliphatic hydroxyl groups is 1. The summed E-state index contributed by atoms with van der Waals surface area (Å²) in [4.78, 5) is 0.231. The van der Waals surface area contributed by atoms with Crippen LogP contribution in [0, 0.1) is 5.92 Å². The minimum atomic E-state index is -3.53. The van der Waals surface area contributed by atoms with Gasteiger partial charge in [0.2, 0.25) is 10.0 Å². The monoisotopic (exact) mass is 299 g/mol. The number of hydrogen-bond acceptors (Lipinski definition) is 4.